The van der Waals surface area contributed by atoms with Crippen molar-refractivity contribution in [3.05, 3.63) is 0 Å². The average molecular weight is 172 g/mol. The third-order valence-corrected chi connectivity index (χ3v) is 1.25. The summed E-state index contributed by atoms with van der Waals surface area (Å²) in [5.74, 6) is 0. The third-order valence-electron chi connectivity index (χ3n) is 1.25. The van der Waals surface area contributed by atoms with Crippen molar-refractivity contribution in [2.45, 2.75) is 0 Å². The van der Waals surface area contributed by atoms with Crippen LogP contribution >= 0.6 is 0 Å². The van der Waals surface area contributed by atoms with Gasteiger partial charge in [-0.05, 0) is 0 Å². The van der Waals surface area contributed by atoms with Crippen molar-refractivity contribution in [1.82, 2.24) is 4.90 Å². The predicted octanol–water partition coefficient (Wildman–Crippen LogP) is -4.73. The fourth-order valence-corrected chi connectivity index (χ4v) is 0.760. The number of aliphatic hydroxyl groups is 3. The molecule has 0 aliphatic carbocycles. The molecule has 0 spiro atoms. The maximum atomic E-state index is 8.48. The molecule has 0 aliphatic rings. The molecule has 3 N–H and O–H groups in total. The van der Waals surface area contributed by atoms with Crippen LogP contribution in [0.5, 0.6) is 0 Å². The summed E-state index contributed by atoms with van der Waals surface area (Å²) in [6.07, 6.45) is 0. The second-order valence-electron chi connectivity index (χ2n) is 2.01. The van der Waals surface area contributed by atoms with Crippen LogP contribution < -0.4 is 29.6 Å². The van der Waals surface area contributed by atoms with Crippen LogP contribution in [0.4, 0.5) is 0 Å². The normalized spacial score (nSPS) is 9.82. The van der Waals surface area contributed by atoms with Gasteiger partial charge in [0.25, 0.3) is 0 Å². The smallest absolute Gasteiger partial charge is 0.395 e. The summed E-state index contributed by atoms with van der Waals surface area (Å²) in [5.41, 5.74) is 0. The van der Waals surface area contributed by atoms with E-state index in [0.29, 0.717) is 19.6 Å². The van der Waals surface area contributed by atoms with Crippen LogP contribution in [0.2, 0.25) is 0 Å². The number of hydrogen-bond donors (Lipinski definition) is 3. The molecule has 0 fully saturated rings. The number of nitrogens with zero attached hydrogens (tertiary/aromatic N) is 1. The Balaban J connectivity index is 0. The first kappa shape index (κ1) is 14.4. The molecule has 5 heteroatoms. The van der Waals surface area contributed by atoms with Crippen molar-refractivity contribution in [2.24, 2.45) is 0 Å². The Kier molecular flexibility index (Phi) is 14.2. The number of hydrogen-bond acceptors (Lipinski definition) is 4. The summed E-state index contributed by atoms with van der Waals surface area (Å²) < 4.78 is 0. The molecule has 0 saturated carbocycles. The average Bonchev–Trinajstić information content (AvgIpc) is 1.90. The zero-order valence-electron chi connectivity index (χ0n) is 7.03. The van der Waals surface area contributed by atoms with Gasteiger partial charge in [0.2, 0.25) is 0 Å². The largest absolute Gasteiger partial charge is 1.00 e. The summed E-state index contributed by atoms with van der Waals surface area (Å²) >= 11 is 0. The van der Waals surface area contributed by atoms with Gasteiger partial charge < -0.3 is 15.3 Å². The fourth-order valence-electron chi connectivity index (χ4n) is 0.760. The zero-order chi connectivity index (χ0) is 7.82. The summed E-state index contributed by atoms with van der Waals surface area (Å²) in [5, 5.41) is 25.5. The van der Waals surface area contributed by atoms with Crippen molar-refractivity contribution in [3.63, 3.8) is 0 Å². The maximum Gasteiger partial charge on any atom is 1.00 e. The van der Waals surface area contributed by atoms with Gasteiger partial charge in [0.15, 0.2) is 0 Å². The van der Waals surface area contributed by atoms with Gasteiger partial charge in [0.1, 0.15) is 0 Å². The van der Waals surface area contributed by atoms with E-state index in [4.69, 9.17) is 15.3 Å². The minimum Gasteiger partial charge on any atom is -0.395 e. The monoisotopic (exact) mass is 172 g/mol. The standard InChI is InChI=1S/C6H15NO3.Na/c8-4-1-7(2-5-9)3-6-10;/h8-10H,1-6H2;/q;+1. The Morgan fingerprint density at radius 1 is 0.727 bits per heavy atom. The Labute approximate surface area is 89.1 Å². The number of aliphatic hydroxyl groups excluding tert-OH is 3. The molecule has 11 heavy (non-hydrogen) atoms. The third kappa shape index (κ3) is 8.75. The van der Waals surface area contributed by atoms with Crippen molar-refractivity contribution in [1.29, 1.82) is 0 Å². The van der Waals surface area contributed by atoms with E-state index in [-0.39, 0.29) is 49.4 Å². The van der Waals surface area contributed by atoms with Crippen LogP contribution in [0, 0.1) is 0 Å². The summed E-state index contributed by atoms with van der Waals surface area (Å²) in [4.78, 5) is 1.79. The van der Waals surface area contributed by atoms with E-state index >= 15 is 0 Å². The summed E-state index contributed by atoms with van der Waals surface area (Å²) in [6.45, 7) is 1.75. The predicted molar refractivity (Wildman–Crippen MR) is 37.7 cm³/mol. The Hall–Kier alpha value is 0.840. The van der Waals surface area contributed by atoms with Crippen LogP contribution in [0.1, 0.15) is 0 Å². The molecular formula is C6H15NNaO3+. The van der Waals surface area contributed by atoms with E-state index in [9.17, 15) is 0 Å². The molecule has 0 heterocycles. The summed E-state index contributed by atoms with van der Waals surface area (Å²) in [7, 11) is 0. The van der Waals surface area contributed by atoms with Crippen molar-refractivity contribution in [2.75, 3.05) is 39.5 Å². The number of rotatable bonds is 6. The molecule has 0 aromatic carbocycles. The van der Waals surface area contributed by atoms with Crippen molar-refractivity contribution < 1.29 is 44.9 Å². The molecule has 0 bridgehead atoms. The second-order valence-corrected chi connectivity index (χ2v) is 2.01. The first-order valence-electron chi connectivity index (χ1n) is 3.40. The molecule has 0 aromatic heterocycles. The van der Waals surface area contributed by atoms with Gasteiger partial charge in [-0.1, -0.05) is 0 Å². The molecule has 0 aliphatic heterocycles. The molecule has 0 saturated heterocycles. The van der Waals surface area contributed by atoms with E-state index in [2.05, 4.69) is 0 Å². The zero-order valence-corrected chi connectivity index (χ0v) is 9.03. The molecule has 62 valence electrons. The molecule has 0 aromatic rings. The van der Waals surface area contributed by atoms with Crippen molar-refractivity contribution >= 4 is 0 Å². The summed E-state index contributed by atoms with van der Waals surface area (Å²) in [6, 6.07) is 0. The van der Waals surface area contributed by atoms with Gasteiger partial charge in [0.05, 0.1) is 19.8 Å². The van der Waals surface area contributed by atoms with Crippen LogP contribution in [-0.4, -0.2) is 59.7 Å². The molecule has 0 radical (unpaired) electrons. The van der Waals surface area contributed by atoms with E-state index in [1.807, 2.05) is 0 Å². The Bertz CT molecular complexity index is 60.6. The van der Waals surface area contributed by atoms with Crippen LogP contribution in [0.15, 0.2) is 0 Å². The Morgan fingerprint density at radius 2 is 1.00 bits per heavy atom. The first-order valence-corrected chi connectivity index (χ1v) is 3.40. The van der Waals surface area contributed by atoms with Gasteiger partial charge in [-0.2, -0.15) is 0 Å². The maximum absolute atomic E-state index is 8.48. The van der Waals surface area contributed by atoms with E-state index in [1.165, 1.54) is 0 Å². The molecule has 0 rings (SSSR count). The van der Waals surface area contributed by atoms with E-state index in [0.717, 1.165) is 0 Å². The van der Waals surface area contributed by atoms with E-state index in [1.54, 1.807) is 4.90 Å². The molecule has 0 amide bonds. The van der Waals surface area contributed by atoms with Crippen LogP contribution in [0.25, 0.3) is 0 Å². The molecule has 0 unspecified atom stereocenters. The van der Waals surface area contributed by atoms with Gasteiger partial charge in [-0.15, -0.1) is 0 Å². The van der Waals surface area contributed by atoms with Crippen LogP contribution in [0.3, 0.4) is 0 Å². The molecule has 0 atom stereocenters. The van der Waals surface area contributed by atoms with Crippen LogP contribution in [-0.2, 0) is 0 Å². The van der Waals surface area contributed by atoms with Crippen molar-refractivity contribution in [3.8, 4) is 0 Å². The van der Waals surface area contributed by atoms with Gasteiger partial charge in [-0.25, -0.2) is 0 Å². The van der Waals surface area contributed by atoms with Gasteiger partial charge in [-0.3, -0.25) is 4.90 Å². The van der Waals surface area contributed by atoms with E-state index < -0.39 is 0 Å². The molecular weight excluding hydrogens is 157 g/mol. The Morgan fingerprint density at radius 3 is 1.18 bits per heavy atom. The minimum atomic E-state index is 0. The van der Waals surface area contributed by atoms with Gasteiger partial charge >= 0.3 is 29.6 Å². The SMILES string of the molecule is OCCN(CCO)CCO.[Na+]. The first-order chi connectivity index (χ1) is 4.85. The minimum absolute atomic E-state index is 0. The quantitative estimate of drug-likeness (QED) is 0.352. The van der Waals surface area contributed by atoms with Gasteiger partial charge in [0, 0.05) is 19.6 Å². The molecule has 4 nitrogen and oxygen atoms in total. The second kappa shape index (κ2) is 10.8. The fraction of sp³-hybridized carbons (Fsp3) is 1.00. The topological polar surface area (TPSA) is 63.9 Å².